The van der Waals surface area contributed by atoms with Crippen molar-refractivity contribution in [2.24, 2.45) is 46.3 Å². The minimum absolute atomic E-state index is 0.0537. The molecule has 0 bridgehead atoms. The number of Topliss-reactive ketones (excluding diaryl/α,β-unsaturated/α-hetero) is 2. The smallest absolute Gasteiger partial charge is 0.220 e. The number of fused-ring (bicyclic) bond motifs is 5. The van der Waals surface area contributed by atoms with Crippen LogP contribution in [0.5, 0.6) is 0 Å². The molecule has 186 valence electrons. The Balaban J connectivity index is 1.28. The number of hydrogen-bond donors (Lipinski definition) is 1. The van der Waals surface area contributed by atoms with Gasteiger partial charge in [-0.2, -0.15) is 0 Å². The Hall–Kier alpha value is -1.49. The van der Waals surface area contributed by atoms with Crippen molar-refractivity contribution in [3.05, 3.63) is 22.4 Å². The number of amides is 1. The molecule has 4 aliphatic rings. The summed E-state index contributed by atoms with van der Waals surface area (Å²) in [7, 11) is 0. The fourth-order valence-electron chi connectivity index (χ4n) is 9.04. The molecule has 0 saturated heterocycles. The summed E-state index contributed by atoms with van der Waals surface area (Å²) in [6.45, 7) is 9.14. The van der Waals surface area contributed by atoms with Gasteiger partial charge in [-0.25, -0.2) is 0 Å². The zero-order valence-electron chi connectivity index (χ0n) is 21.3. The molecular weight excluding hydrogens is 442 g/mol. The Morgan fingerprint density at radius 2 is 1.85 bits per heavy atom. The van der Waals surface area contributed by atoms with Gasteiger partial charge in [-0.05, 0) is 90.9 Å². The van der Waals surface area contributed by atoms with Gasteiger partial charge in [0.15, 0.2) is 0 Å². The number of ketones is 2. The molecule has 34 heavy (non-hydrogen) atoms. The lowest BCUT2D eigenvalue weighted by Gasteiger charge is -2.59. The lowest BCUT2D eigenvalue weighted by molar-refractivity contribution is -0.159. The van der Waals surface area contributed by atoms with Crippen LogP contribution in [-0.4, -0.2) is 17.5 Å². The fourth-order valence-corrected chi connectivity index (χ4v) is 9.78. The van der Waals surface area contributed by atoms with Gasteiger partial charge >= 0.3 is 0 Å². The molecule has 5 rings (SSSR count). The molecule has 0 aromatic carbocycles. The topological polar surface area (TPSA) is 63.2 Å². The molecule has 0 radical (unpaired) electrons. The molecule has 1 amide bonds. The van der Waals surface area contributed by atoms with Gasteiger partial charge in [0.25, 0.3) is 0 Å². The first-order valence-corrected chi connectivity index (χ1v) is 14.4. The van der Waals surface area contributed by atoms with E-state index in [4.69, 9.17) is 0 Å². The molecule has 9 atom stereocenters. The van der Waals surface area contributed by atoms with Gasteiger partial charge < -0.3 is 5.32 Å². The molecule has 1 aromatic heterocycles. The number of carbonyl (C=O) groups is 3. The van der Waals surface area contributed by atoms with Crippen molar-refractivity contribution in [1.29, 1.82) is 0 Å². The van der Waals surface area contributed by atoms with Gasteiger partial charge in [-0.15, -0.1) is 11.3 Å². The first-order chi connectivity index (χ1) is 16.1. The molecule has 1 N–H and O–H groups in total. The third kappa shape index (κ3) is 3.90. The van der Waals surface area contributed by atoms with Crippen molar-refractivity contribution in [3.8, 4) is 0 Å². The maximum atomic E-state index is 13.5. The van der Waals surface area contributed by atoms with E-state index in [1.807, 2.05) is 6.07 Å². The largest absolute Gasteiger partial charge is 0.349 e. The van der Waals surface area contributed by atoms with Crippen molar-refractivity contribution < 1.29 is 14.4 Å². The molecule has 5 heteroatoms. The van der Waals surface area contributed by atoms with Gasteiger partial charge in [0.2, 0.25) is 5.91 Å². The third-order valence-corrected chi connectivity index (χ3v) is 12.0. The summed E-state index contributed by atoms with van der Waals surface area (Å²) in [6, 6.07) is 4.16. The normalized spacial score (nSPS) is 41.2. The molecule has 4 saturated carbocycles. The molecule has 0 aliphatic heterocycles. The van der Waals surface area contributed by atoms with E-state index in [0.717, 1.165) is 32.1 Å². The van der Waals surface area contributed by atoms with Crippen molar-refractivity contribution in [1.82, 2.24) is 5.32 Å². The van der Waals surface area contributed by atoms with Crippen LogP contribution < -0.4 is 5.32 Å². The summed E-state index contributed by atoms with van der Waals surface area (Å²) in [5.41, 5.74) is 0.291. The minimum Gasteiger partial charge on any atom is -0.349 e. The van der Waals surface area contributed by atoms with Gasteiger partial charge in [0.05, 0.1) is 6.04 Å². The Bertz CT molecular complexity index is 957. The maximum Gasteiger partial charge on any atom is 0.220 e. The summed E-state index contributed by atoms with van der Waals surface area (Å²) in [5, 5.41) is 5.26. The van der Waals surface area contributed by atoms with E-state index in [1.54, 1.807) is 11.3 Å². The average molecular weight is 484 g/mol. The average Bonchev–Trinajstić information content (AvgIpc) is 3.42. The lowest BCUT2D eigenvalue weighted by Crippen LogP contribution is -2.57. The highest BCUT2D eigenvalue weighted by Gasteiger charge is 2.63. The molecule has 4 fully saturated rings. The predicted octanol–water partition coefficient (Wildman–Crippen LogP) is 6.36. The second-order valence-corrected chi connectivity index (χ2v) is 13.5. The van der Waals surface area contributed by atoms with Crippen LogP contribution in [0.15, 0.2) is 17.5 Å². The zero-order chi connectivity index (χ0) is 24.3. The Kier molecular flexibility index (Phi) is 6.32. The van der Waals surface area contributed by atoms with Crippen LogP contribution in [0.25, 0.3) is 0 Å². The first-order valence-electron chi connectivity index (χ1n) is 13.5. The van der Waals surface area contributed by atoms with E-state index in [1.165, 1.54) is 4.88 Å². The third-order valence-electron chi connectivity index (χ3n) is 10.9. The van der Waals surface area contributed by atoms with Crippen LogP contribution in [-0.2, 0) is 14.4 Å². The number of rotatable bonds is 5. The molecule has 4 nitrogen and oxygen atoms in total. The van der Waals surface area contributed by atoms with E-state index in [9.17, 15) is 14.4 Å². The standard InChI is InChI=1S/C29H41NO3S/c1-17(14-26(33)30-18(2)25-6-5-13-34-25)21-7-8-22-27-23(10-12-29(21,22)4)28(3)11-9-20(31)15-19(28)16-24(27)32/h5-6,13,17-19,21-23,27H,7-12,14-16H2,1-4H3,(H,30,33)/t17-,18-,19+,21?,22+,23+,27+,28+,29-/m1/s1. The lowest BCUT2D eigenvalue weighted by atomic mass is 9.44. The number of carbonyl (C=O) groups excluding carboxylic acids is 3. The van der Waals surface area contributed by atoms with Crippen LogP contribution in [0.2, 0.25) is 0 Å². The minimum atomic E-state index is 0.0537. The second-order valence-electron chi connectivity index (χ2n) is 12.6. The van der Waals surface area contributed by atoms with Crippen molar-refractivity contribution in [2.75, 3.05) is 0 Å². The second kappa shape index (κ2) is 8.87. The van der Waals surface area contributed by atoms with Crippen LogP contribution in [0.1, 0.15) is 96.4 Å². The summed E-state index contributed by atoms with van der Waals surface area (Å²) < 4.78 is 0. The summed E-state index contributed by atoms with van der Waals surface area (Å²) >= 11 is 1.68. The fraction of sp³-hybridized carbons (Fsp3) is 0.759. The monoisotopic (exact) mass is 483 g/mol. The van der Waals surface area contributed by atoms with E-state index in [-0.39, 0.29) is 34.6 Å². The van der Waals surface area contributed by atoms with Gasteiger partial charge in [-0.3, -0.25) is 14.4 Å². The van der Waals surface area contributed by atoms with Crippen molar-refractivity contribution in [2.45, 2.75) is 91.5 Å². The van der Waals surface area contributed by atoms with Crippen molar-refractivity contribution in [3.63, 3.8) is 0 Å². The molecule has 4 aliphatic carbocycles. The Morgan fingerprint density at radius 3 is 2.59 bits per heavy atom. The SMILES string of the molecule is C[C@H](CC(=O)N[C@H](C)c1cccs1)C1CC[C@H]2[C@@H]3C(=O)C[C@@H]4CC(=O)CC[C@]4(C)[C@H]3CC[C@]12C. The van der Waals surface area contributed by atoms with Gasteiger partial charge in [0, 0.05) is 36.5 Å². The Morgan fingerprint density at radius 1 is 1.09 bits per heavy atom. The number of hydrogen-bond acceptors (Lipinski definition) is 4. The quantitative estimate of drug-likeness (QED) is 0.530. The molecule has 1 aromatic rings. The van der Waals surface area contributed by atoms with Crippen LogP contribution in [0, 0.1) is 46.3 Å². The highest BCUT2D eigenvalue weighted by atomic mass is 32.1. The molecular formula is C29H41NO3S. The van der Waals surface area contributed by atoms with E-state index in [0.29, 0.717) is 60.9 Å². The van der Waals surface area contributed by atoms with Gasteiger partial charge in [-0.1, -0.05) is 26.8 Å². The van der Waals surface area contributed by atoms with Crippen LogP contribution in [0.4, 0.5) is 0 Å². The van der Waals surface area contributed by atoms with Crippen LogP contribution in [0.3, 0.4) is 0 Å². The number of thiophene rings is 1. The van der Waals surface area contributed by atoms with E-state index in [2.05, 4.69) is 44.5 Å². The summed E-state index contributed by atoms with van der Waals surface area (Å²) in [6.07, 6.45) is 7.97. The zero-order valence-corrected chi connectivity index (χ0v) is 22.1. The van der Waals surface area contributed by atoms with E-state index >= 15 is 0 Å². The highest BCUT2D eigenvalue weighted by Crippen LogP contribution is 2.67. The van der Waals surface area contributed by atoms with E-state index < -0.39 is 0 Å². The maximum absolute atomic E-state index is 13.5. The Labute approximate surface area is 208 Å². The summed E-state index contributed by atoms with van der Waals surface area (Å²) in [4.78, 5) is 39.8. The van der Waals surface area contributed by atoms with Crippen molar-refractivity contribution >= 4 is 28.8 Å². The molecule has 1 heterocycles. The van der Waals surface area contributed by atoms with Crippen LogP contribution >= 0.6 is 11.3 Å². The predicted molar refractivity (Wildman–Crippen MR) is 135 cm³/mol. The molecule has 1 unspecified atom stereocenters. The van der Waals surface area contributed by atoms with Gasteiger partial charge in [0.1, 0.15) is 11.6 Å². The number of nitrogens with one attached hydrogen (secondary N) is 1. The summed E-state index contributed by atoms with van der Waals surface area (Å²) in [5.74, 6) is 3.05. The highest BCUT2D eigenvalue weighted by molar-refractivity contribution is 7.10. The molecule has 0 spiro atoms. The first kappa shape index (κ1) is 24.2.